The van der Waals surface area contributed by atoms with Gasteiger partial charge in [-0.2, -0.15) is 0 Å². The first kappa shape index (κ1) is 11.1. The minimum Gasteiger partial charge on any atom is -0.342 e. The molecule has 0 aromatic heterocycles. The largest absolute Gasteiger partial charge is 0.342 e. The maximum absolute atomic E-state index is 11.7. The zero-order valence-corrected chi connectivity index (χ0v) is 8.84. The Labute approximate surface area is 85.6 Å². The van der Waals surface area contributed by atoms with E-state index in [1.54, 1.807) is 0 Å². The highest BCUT2D eigenvalue weighted by molar-refractivity contribution is 5.80. The number of carbonyl (C=O) groups is 1. The summed E-state index contributed by atoms with van der Waals surface area (Å²) in [5.41, 5.74) is 0. The van der Waals surface area contributed by atoms with Gasteiger partial charge in [0.15, 0.2) is 0 Å². The van der Waals surface area contributed by atoms with Gasteiger partial charge in [-0.15, -0.1) is 6.42 Å². The summed E-state index contributed by atoms with van der Waals surface area (Å²) in [7, 11) is 0. The van der Waals surface area contributed by atoms with Crippen LogP contribution in [0.5, 0.6) is 0 Å². The molecule has 0 spiro atoms. The molecule has 0 radical (unpaired) electrons. The number of terminal acetylenes is 1. The average molecular weight is 194 g/mol. The maximum Gasteiger partial charge on any atom is 0.225 e. The molecule has 78 valence electrons. The van der Waals surface area contributed by atoms with Crippen molar-refractivity contribution in [1.29, 1.82) is 0 Å². The van der Waals surface area contributed by atoms with E-state index in [0.717, 1.165) is 19.5 Å². The fraction of sp³-hybridized carbons (Fsp3) is 0.727. The van der Waals surface area contributed by atoms with Crippen molar-refractivity contribution >= 4 is 5.91 Å². The quantitative estimate of drug-likeness (QED) is 0.637. The number of amides is 1. The first-order valence-corrected chi connectivity index (χ1v) is 5.16. The average Bonchev–Trinajstić information content (AvgIpc) is 2.60. The first-order valence-electron chi connectivity index (χ1n) is 5.16. The molecule has 1 heterocycles. The molecular formula is C11H18N2O. The summed E-state index contributed by atoms with van der Waals surface area (Å²) in [6, 6.07) is -0.115. The van der Waals surface area contributed by atoms with E-state index in [9.17, 15) is 4.79 Å². The molecule has 1 aliphatic heterocycles. The van der Waals surface area contributed by atoms with Crippen LogP contribution in [0.25, 0.3) is 0 Å². The SMILES string of the molecule is C#CC(CC)NC(=O)[C@@H]1CNC[C@H]1C. The molecule has 0 saturated carbocycles. The molecule has 0 aromatic rings. The Hall–Kier alpha value is -1.01. The zero-order valence-electron chi connectivity index (χ0n) is 8.84. The molecule has 3 atom stereocenters. The molecule has 2 N–H and O–H groups in total. The van der Waals surface area contributed by atoms with E-state index in [4.69, 9.17) is 6.42 Å². The van der Waals surface area contributed by atoms with Gasteiger partial charge in [0.2, 0.25) is 5.91 Å². The van der Waals surface area contributed by atoms with Crippen molar-refractivity contribution in [3.05, 3.63) is 0 Å². The van der Waals surface area contributed by atoms with Crippen molar-refractivity contribution < 1.29 is 4.79 Å². The van der Waals surface area contributed by atoms with Crippen molar-refractivity contribution in [2.45, 2.75) is 26.3 Å². The lowest BCUT2D eigenvalue weighted by Gasteiger charge is -2.17. The van der Waals surface area contributed by atoms with Crippen molar-refractivity contribution in [2.24, 2.45) is 11.8 Å². The van der Waals surface area contributed by atoms with E-state index in [2.05, 4.69) is 23.5 Å². The highest BCUT2D eigenvalue weighted by Gasteiger charge is 2.29. The van der Waals surface area contributed by atoms with E-state index in [-0.39, 0.29) is 17.9 Å². The first-order chi connectivity index (χ1) is 6.69. The van der Waals surface area contributed by atoms with Crippen LogP contribution in [0.2, 0.25) is 0 Å². The van der Waals surface area contributed by atoms with Crippen LogP contribution in [0.1, 0.15) is 20.3 Å². The van der Waals surface area contributed by atoms with Gasteiger partial charge in [-0.3, -0.25) is 4.79 Å². The third kappa shape index (κ3) is 2.49. The Bertz CT molecular complexity index is 244. The molecular weight excluding hydrogens is 176 g/mol. The lowest BCUT2D eigenvalue weighted by molar-refractivity contribution is -0.125. The lowest BCUT2D eigenvalue weighted by Crippen LogP contribution is -2.40. The molecule has 1 saturated heterocycles. The Kier molecular flexibility index (Phi) is 3.97. The third-order valence-electron chi connectivity index (χ3n) is 2.78. The highest BCUT2D eigenvalue weighted by Crippen LogP contribution is 2.15. The molecule has 1 amide bonds. The van der Waals surface area contributed by atoms with Crippen LogP contribution in [0.15, 0.2) is 0 Å². The Morgan fingerprint density at radius 3 is 2.86 bits per heavy atom. The second kappa shape index (κ2) is 5.02. The van der Waals surface area contributed by atoms with Crippen molar-refractivity contribution in [3.63, 3.8) is 0 Å². The molecule has 3 nitrogen and oxygen atoms in total. The monoisotopic (exact) mass is 194 g/mol. The lowest BCUT2D eigenvalue weighted by atomic mass is 9.97. The van der Waals surface area contributed by atoms with Crippen molar-refractivity contribution in [3.8, 4) is 12.3 Å². The number of hydrogen-bond donors (Lipinski definition) is 2. The normalized spacial score (nSPS) is 28.1. The van der Waals surface area contributed by atoms with Crippen LogP contribution in [0.3, 0.4) is 0 Å². The molecule has 1 unspecified atom stereocenters. The summed E-state index contributed by atoms with van der Waals surface area (Å²) in [6.07, 6.45) is 6.07. The molecule has 3 heteroatoms. The van der Waals surface area contributed by atoms with E-state index >= 15 is 0 Å². The summed E-state index contributed by atoms with van der Waals surface area (Å²) in [5.74, 6) is 3.15. The number of hydrogen-bond acceptors (Lipinski definition) is 2. The molecule has 1 aliphatic rings. The summed E-state index contributed by atoms with van der Waals surface area (Å²) in [4.78, 5) is 11.7. The fourth-order valence-electron chi connectivity index (χ4n) is 1.70. The van der Waals surface area contributed by atoms with Crippen LogP contribution in [-0.4, -0.2) is 25.0 Å². The van der Waals surface area contributed by atoms with Crippen LogP contribution < -0.4 is 10.6 Å². The van der Waals surface area contributed by atoms with Gasteiger partial charge in [0, 0.05) is 6.54 Å². The second-order valence-corrected chi connectivity index (χ2v) is 3.88. The molecule has 0 bridgehead atoms. The standard InChI is InChI=1S/C11H18N2O/c1-4-9(5-2)13-11(14)10-7-12-6-8(10)3/h1,8-10,12H,5-7H2,2-3H3,(H,13,14)/t8-,9?,10-/m1/s1. The van der Waals surface area contributed by atoms with Gasteiger partial charge < -0.3 is 10.6 Å². The van der Waals surface area contributed by atoms with Gasteiger partial charge in [-0.05, 0) is 18.9 Å². The number of carbonyl (C=O) groups excluding carboxylic acids is 1. The molecule has 0 aromatic carbocycles. The predicted octanol–water partition coefficient (Wildman–Crippen LogP) is 0.370. The van der Waals surface area contributed by atoms with Crippen LogP contribution >= 0.6 is 0 Å². The summed E-state index contributed by atoms with van der Waals surface area (Å²) in [6.45, 7) is 5.75. The second-order valence-electron chi connectivity index (χ2n) is 3.88. The number of nitrogens with one attached hydrogen (secondary N) is 2. The summed E-state index contributed by atoms with van der Waals surface area (Å²) in [5, 5.41) is 6.07. The van der Waals surface area contributed by atoms with Gasteiger partial charge >= 0.3 is 0 Å². The Morgan fingerprint density at radius 2 is 2.43 bits per heavy atom. The van der Waals surface area contributed by atoms with E-state index < -0.39 is 0 Å². The van der Waals surface area contributed by atoms with Gasteiger partial charge in [0.1, 0.15) is 0 Å². The van der Waals surface area contributed by atoms with Crippen molar-refractivity contribution in [1.82, 2.24) is 10.6 Å². The van der Waals surface area contributed by atoms with Gasteiger partial charge in [0.05, 0.1) is 12.0 Å². The highest BCUT2D eigenvalue weighted by atomic mass is 16.2. The van der Waals surface area contributed by atoms with Crippen LogP contribution in [0.4, 0.5) is 0 Å². The number of rotatable bonds is 3. The van der Waals surface area contributed by atoms with Crippen LogP contribution in [0, 0.1) is 24.2 Å². The minimum absolute atomic E-state index is 0.0809. The molecule has 1 rings (SSSR count). The summed E-state index contributed by atoms with van der Waals surface area (Å²) < 4.78 is 0. The molecule has 0 aliphatic carbocycles. The Balaban J connectivity index is 2.45. The fourth-order valence-corrected chi connectivity index (χ4v) is 1.70. The predicted molar refractivity (Wildman–Crippen MR) is 56.6 cm³/mol. The van der Waals surface area contributed by atoms with Gasteiger partial charge in [0.25, 0.3) is 0 Å². The third-order valence-corrected chi connectivity index (χ3v) is 2.78. The Morgan fingerprint density at radius 1 is 1.71 bits per heavy atom. The smallest absolute Gasteiger partial charge is 0.225 e. The van der Waals surface area contributed by atoms with Gasteiger partial charge in [-0.1, -0.05) is 19.8 Å². The van der Waals surface area contributed by atoms with E-state index in [1.807, 2.05) is 6.92 Å². The van der Waals surface area contributed by atoms with Crippen LogP contribution in [-0.2, 0) is 4.79 Å². The topological polar surface area (TPSA) is 41.1 Å². The van der Waals surface area contributed by atoms with E-state index in [0.29, 0.717) is 5.92 Å². The maximum atomic E-state index is 11.7. The van der Waals surface area contributed by atoms with Gasteiger partial charge in [-0.25, -0.2) is 0 Å². The molecule has 1 fully saturated rings. The van der Waals surface area contributed by atoms with Crippen molar-refractivity contribution in [2.75, 3.05) is 13.1 Å². The zero-order chi connectivity index (χ0) is 10.6. The minimum atomic E-state index is -0.115. The molecule has 14 heavy (non-hydrogen) atoms. The van der Waals surface area contributed by atoms with E-state index in [1.165, 1.54) is 0 Å². The summed E-state index contributed by atoms with van der Waals surface area (Å²) >= 11 is 0.